The van der Waals surface area contributed by atoms with Crippen LogP contribution >= 0.6 is 0 Å². The van der Waals surface area contributed by atoms with Crippen molar-refractivity contribution in [3.05, 3.63) is 35.2 Å². The Balaban J connectivity index is 2.42. The van der Waals surface area contributed by atoms with Crippen LogP contribution in [-0.4, -0.2) is 18.3 Å². The second-order valence-electron chi connectivity index (χ2n) is 2.93. The molecule has 0 aliphatic carbocycles. The van der Waals surface area contributed by atoms with Gasteiger partial charge < -0.3 is 9.84 Å². The second kappa shape index (κ2) is 3.18. The molecule has 0 radical (unpaired) electrons. The minimum atomic E-state index is -0.306. The fourth-order valence-corrected chi connectivity index (χ4v) is 1.28. The molecule has 68 valence electrons. The van der Waals surface area contributed by atoms with Gasteiger partial charge in [0.05, 0.1) is 6.61 Å². The van der Waals surface area contributed by atoms with Crippen LogP contribution < -0.4 is 4.74 Å². The number of rotatable bonds is 1. The molecule has 0 spiro atoms. The molecule has 0 aromatic heterocycles. The highest BCUT2D eigenvalue weighted by Crippen LogP contribution is 2.26. The molecule has 3 heteroatoms. The van der Waals surface area contributed by atoms with Crippen LogP contribution in [0.2, 0.25) is 0 Å². The lowest BCUT2D eigenvalue weighted by Gasteiger charge is -2.16. The fourth-order valence-electron chi connectivity index (χ4n) is 1.28. The quantitative estimate of drug-likeness (QED) is 0.711. The molecule has 1 aromatic rings. The van der Waals surface area contributed by atoms with Gasteiger partial charge in [-0.1, -0.05) is 0 Å². The van der Waals surface area contributed by atoms with Crippen LogP contribution in [-0.2, 0) is 0 Å². The van der Waals surface area contributed by atoms with E-state index in [4.69, 9.17) is 9.84 Å². The summed E-state index contributed by atoms with van der Waals surface area (Å²) in [5.74, 6) is 0.233. The first kappa shape index (κ1) is 8.26. The zero-order chi connectivity index (χ0) is 9.26. The molecule has 13 heavy (non-hydrogen) atoms. The van der Waals surface area contributed by atoms with Gasteiger partial charge in [0.2, 0.25) is 0 Å². The molecule has 1 aromatic carbocycles. The van der Waals surface area contributed by atoms with Gasteiger partial charge in [-0.25, -0.2) is 4.39 Å². The van der Waals surface area contributed by atoms with Crippen molar-refractivity contribution in [3.63, 3.8) is 0 Å². The van der Waals surface area contributed by atoms with Gasteiger partial charge in [-0.15, -0.1) is 0 Å². The minimum absolute atomic E-state index is 0.0170. The molecule has 0 bridgehead atoms. The van der Waals surface area contributed by atoms with E-state index in [1.807, 2.05) is 6.08 Å². The van der Waals surface area contributed by atoms with Crippen molar-refractivity contribution in [2.45, 2.75) is 0 Å². The summed E-state index contributed by atoms with van der Waals surface area (Å²) in [6.07, 6.45) is 1.82. The monoisotopic (exact) mass is 180 g/mol. The van der Waals surface area contributed by atoms with E-state index in [0.717, 1.165) is 11.1 Å². The Kier molecular flexibility index (Phi) is 2.02. The summed E-state index contributed by atoms with van der Waals surface area (Å²) in [4.78, 5) is 0. The summed E-state index contributed by atoms with van der Waals surface area (Å²) < 4.78 is 18.0. The van der Waals surface area contributed by atoms with E-state index in [1.54, 1.807) is 6.07 Å². The summed E-state index contributed by atoms with van der Waals surface area (Å²) in [5, 5.41) is 8.85. The lowest BCUT2D eigenvalue weighted by Crippen LogP contribution is -2.09. The van der Waals surface area contributed by atoms with Crippen molar-refractivity contribution in [2.24, 2.45) is 0 Å². The zero-order valence-electron chi connectivity index (χ0n) is 6.96. The maximum absolute atomic E-state index is 12.7. The van der Waals surface area contributed by atoms with Crippen LogP contribution in [0, 0.1) is 5.82 Å². The molecule has 2 nitrogen and oxygen atoms in total. The topological polar surface area (TPSA) is 29.5 Å². The van der Waals surface area contributed by atoms with Crippen LogP contribution in [0.25, 0.3) is 6.08 Å². The fraction of sp³-hybridized carbons (Fsp3) is 0.200. The van der Waals surface area contributed by atoms with Crippen LogP contribution in [0.4, 0.5) is 4.39 Å². The summed E-state index contributed by atoms with van der Waals surface area (Å²) in [6.45, 7) is 0.323. The van der Waals surface area contributed by atoms with Crippen LogP contribution in [0.15, 0.2) is 23.8 Å². The Labute approximate surface area is 75.3 Å². The molecule has 1 aliphatic rings. The molecule has 0 amide bonds. The molecular weight excluding hydrogens is 171 g/mol. The molecule has 1 heterocycles. The minimum Gasteiger partial charge on any atom is -0.488 e. The molecule has 1 aliphatic heterocycles. The lowest BCUT2D eigenvalue weighted by atomic mass is 10.1. The van der Waals surface area contributed by atoms with E-state index in [-0.39, 0.29) is 12.4 Å². The summed E-state index contributed by atoms with van der Waals surface area (Å²) in [6, 6.07) is 4.36. The predicted octanol–water partition coefficient (Wildman–Crippen LogP) is 1.59. The first-order valence-corrected chi connectivity index (χ1v) is 4.02. The third kappa shape index (κ3) is 1.55. The van der Waals surface area contributed by atoms with Gasteiger partial charge >= 0.3 is 0 Å². The van der Waals surface area contributed by atoms with E-state index in [0.29, 0.717) is 12.4 Å². The largest absolute Gasteiger partial charge is 0.488 e. The van der Waals surface area contributed by atoms with Gasteiger partial charge in [0, 0.05) is 11.6 Å². The van der Waals surface area contributed by atoms with E-state index < -0.39 is 0 Å². The average Bonchev–Trinajstić information content (AvgIpc) is 2.17. The smallest absolute Gasteiger partial charge is 0.129 e. The molecule has 1 N–H and O–H groups in total. The van der Waals surface area contributed by atoms with Crippen molar-refractivity contribution in [1.29, 1.82) is 0 Å². The summed E-state index contributed by atoms with van der Waals surface area (Å²) in [5.41, 5.74) is 1.62. The van der Waals surface area contributed by atoms with Crippen molar-refractivity contribution in [3.8, 4) is 5.75 Å². The summed E-state index contributed by atoms with van der Waals surface area (Å²) >= 11 is 0. The Hall–Kier alpha value is -1.35. The van der Waals surface area contributed by atoms with Crippen molar-refractivity contribution >= 4 is 6.08 Å². The highest BCUT2D eigenvalue weighted by Gasteiger charge is 2.10. The van der Waals surface area contributed by atoms with Gasteiger partial charge in [-0.05, 0) is 23.8 Å². The van der Waals surface area contributed by atoms with Gasteiger partial charge in [-0.2, -0.15) is 0 Å². The van der Waals surface area contributed by atoms with E-state index in [1.165, 1.54) is 12.1 Å². The molecule has 0 fully saturated rings. The number of aliphatic hydroxyl groups is 1. The SMILES string of the molecule is OCC1=Cc2ccc(F)cc2OC1. The molecular formula is C10H9FO2. The second-order valence-corrected chi connectivity index (χ2v) is 2.93. The van der Waals surface area contributed by atoms with Crippen molar-refractivity contribution in [1.82, 2.24) is 0 Å². The predicted molar refractivity (Wildman–Crippen MR) is 47.0 cm³/mol. The number of fused-ring (bicyclic) bond motifs is 1. The molecule has 0 saturated heterocycles. The molecule has 0 unspecified atom stereocenters. The van der Waals surface area contributed by atoms with Crippen LogP contribution in [0.3, 0.4) is 0 Å². The molecule has 0 atom stereocenters. The first-order valence-electron chi connectivity index (χ1n) is 4.02. The maximum Gasteiger partial charge on any atom is 0.129 e. The molecule has 0 saturated carbocycles. The third-order valence-electron chi connectivity index (χ3n) is 1.95. The maximum atomic E-state index is 12.7. The number of benzene rings is 1. The number of aliphatic hydroxyl groups excluding tert-OH is 1. The van der Waals surface area contributed by atoms with Gasteiger partial charge in [0.25, 0.3) is 0 Å². The average molecular weight is 180 g/mol. The number of hydrogen-bond acceptors (Lipinski definition) is 2. The normalized spacial score (nSPS) is 14.5. The van der Waals surface area contributed by atoms with E-state index in [9.17, 15) is 4.39 Å². The Bertz CT molecular complexity index is 358. The Morgan fingerprint density at radius 1 is 1.46 bits per heavy atom. The standard InChI is InChI=1S/C10H9FO2/c11-9-2-1-8-3-7(5-12)6-13-10(8)4-9/h1-4,12H,5-6H2. The van der Waals surface area contributed by atoms with Crippen LogP contribution in [0.5, 0.6) is 5.75 Å². The molecule has 2 rings (SSSR count). The van der Waals surface area contributed by atoms with Gasteiger partial charge in [0.1, 0.15) is 18.2 Å². The lowest BCUT2D eigenvalue weighted by molar-refractivity contribution is 0.285. The third-order valence-corrected chi connectivity index (χ3v) is 1.95. The Morgan fingerprint density at radius 3 is 3.08 bits per heavy atom. The number of halogens is 1. The Morgan fingerprint density at radius 2 is 2.31 bits per heavy atom. The zero-order valence-corrected chi connectivity index (χ0v) is 6.96. The van der Waals surface area contributed by atoms with Crippen LogP contribution in [0.1, 0.15) is 5.56 Å². The first-order chi connectivity index (χ1) is 6.29. The number of ether oxygens (including phenoxy) is 1. The van der Waals surface area contributed by atoms with Gasteiger partial charge in [0.15, 0.2) is 0 Å². The van der Waals surface area contributed by atoms with E-state index >= 15 is 0 Å². The summed E-state index contributed by atoms with van der Waals surface area (Å²) in [7, 11) is 0. The highest BCUT2D eigenvalue weighted by molar-refractivity contribution is 5.62. The highest BCUT2D eigenvalue weighted by atomic mass is 19.1. The van der Waals surface area contributed by atoms with Crippen molar-refractivity contribution in [2.75, 3.05) is 13.2 Å². The van der Waals surface area contributed by atoms with Crippen molar-refractivity contribution < 1.29 is 14.2 Å². The van der Waals surface area contributed by atoms with E-state index in [2.05, 4.69) is 0 Å². The van der Waals surface area contributed by atoms with Gasteiger partial charge in [-0.3, -0.25) is 0 Å². The number of hydrogen-bond donors (Lipinski definition) is 1.